The lowest BCUT2D eigenvalue weighted by Crippen LogP contribution is -2.27. The van der Waals surface area contributed by atoms with E-state index in [9.17, 15) is 4.79 Å². The Balaban J connectivity index is 2.42. The van der Waals surface area contributed by atoms with Crippen LogP contribution in [-0.4, -0.2) is 20.3 Å². The van der Waals surface area contributed by atoms with Crippen LogP contribution in [0.15, 0.2) is 29.2 Å². The predicted molar refractivity (Wildman–Crippen MR) is 89.4 cm³/mol. The molecule has 0 saturated carbocycles. The van der Waals surface area contributed by atoms with E-state index in [1.807, 2.05) is 12.1 Å². The molecular formula is C16H23N2O2P. The lowest BCUT2D eigenvalue weighted by molar-refractivity contribution is 0.519. The highest BCUT2D eigenvalue weighted by atomic mass is 31.1. The summed E-state index contributed by atoms with van der Waals surface area (Å²) >= 11 is 0. The minimum atomic E-state index is -0.759. The van der Waals surface area contributed by atoms with Crippen LogP contribution in [0.4, 0.5) is 0 Å². The zero-order chi connectivity index (χ0) is 15.8. The number of nitrogens with one attached hydrogen (secondary N) is 1. The Morgan fingerprint density at radius 2 is 1.67 bits per heavy atom. The van der Waals surface area contributed by atoms with Crippen LogP contribution in [0.2, 0.25) is 0 Å². The Kier molecular flexibility index (Phi) is 4.12. The largest absolute Gasteiger partial charge is 0.456 e. The van der Waals surface area contributed by atoms with Crippen molar-refractivity contribution < 1.29 is 4.52 Å². The molecule has 0 amide bonds. The Morgan fingerprint density at radius 3 is 2.24 bits per heavy atom. The van der Waals surface area contributed by atoms with Crippen molar-refractivity contribution in [3.05, 3.63) is 34.6 Å². The highest BCUT2D eigenvalue weighted by Crippen LogP contribution is 2.59. The minimum absolute atomic E-state index is 0.0350. The van der Waals surface area contributed by atoms with Crippen molar-refractivity contribution in [2.24, 2.45) is 0 Å². The fourth-order valence-electron chi connectivity index (χ4n) is 2.46. The van der Waals surface area contributed by atoms with Crippen molar-refractivity contribution in [2.45, 2.75) is 51.9 Å². The third-order valence-corrected chi connectivity index (χ3v) is 5.79. The molecule has 2 heterocycles. The fourth-order valence-corrected chi connectivity index (χ4v) is 5.30. The summed E-state index contributed by atoms with van der Waals surface area (Å²) in [7, 11) is -0.759. The molecule has 0 saturated heterocycles. The summed E-state index contributed by atoms with van der Waals surface area (Å²) in [6.45, 7) is 13.1. The lowest BCUT2D eigenvalue weighted by atomic mass is 10.2. The number of aromatic nitrogens is 2. The number of fused-ring (bicyclic) bond motifs is 1. The maximum atomic E-state index is 11.9. The van der Waals surface area contributed by atoms with Gasteiger partial charge in [-0.1, -0.05) is 41.5 Å². The van der Waals surface area contributed by atoms with Crippen molar-refractivity contribution in [3.63, 3.8) is 0 Å². The van der Waals surface area contributed by atoms with Gasteiger partial charge in [0.15, 0.2) is 0 Å². The van der Waals surface area contributed by atoms with E-state index >= 15 is 0 Å². The van der Waals surface area contributed by atoms with Gasteiger partial charge in [0.05, 0.1) is 5.52 Å². The summed E-state index contributed by atoms with van der Waals surface area (Å²) in [4.78, 5) is 19.3. The second-order valence-corrected chi connectivity index (χ2v) is 10.6. The number of nitrogens with zero attached hydrogens (tertiary/aromatic N) is 1. The van der Waals surface area contributed by atoms with Gasteiger partial charge in [0.25, 0.3) is 0 Å². The third-order valence-electron chi connectivity index (χ3n) is 2.98. The number of pyridine rings is 2. The predicted octanol–water partition coefficient (Wildman–Crippen LogP) is 4.30. The van der Waals surface area contributed by atoms with E-state index in [4.69, 9.17) is 4.52 Å². The molecule has 1 N–H and O–H groups in total. The Bertz CT molecular complexity index is 682. The molecule has 0 aromatic carbocycles. The summed E-state index contributed by atoms with van der Waals surface area (Å²) in [5.74, 6) is 0.523. The number of H-pyrrole nitrogens is 1. The molecule has 2 aromatic rings. The highest BCUT2D eigenvalue weighted by molar-refractivity contribution is 7.56. The molecule has 0 unspecified atom stereocenters. The monoisotopic (exact) mass is 306 g/mol. The lowest BCUT2D eigenvalue weighted by Gasteiger charge is -2.39. The van der Waals surface area contributed by atoms with E-state index in [0.717, 1.165) is 5.52 Å². The molecule has 114 valence electrons. The highest BCUT2D eigenvalue weighted by Gasteiger charge is 2.37. The summed E-state index contributed by atoms with van der Waals surface area (Å²) in [6, 6.07) is 5.15. The maximum Gasteiger partial charge on any atom is 0.216 e. The molecule has 21 heavy (non-hydrogen) atoms. The fraction of sp³-hybridized carbons (Fsp3) is 0.500. The van der Waals surface area contributed by atoms with Crippen molar-refractivity contribution in [3.8, 4) is 5.88 Å². The zero-order valence-corrected chi connectivity index (χ0v) is 14.4. The van der Waals surface area contributed by atoms with Crippen molar-refractivity contribution in [1.29, 1.82) is 0 Å². The molecule has 0 aliphatic heterocycles. The number of hydrogen-bond acceptors (Lipinski definition) is 3. The molecular weight excluding hydrogens is 283 g/mol. The van der Waals surface area contributed by atoms with Crippen molar-refractivity contribution in [2.75, 3.05) is 0 Å². The van der Waals surface area contributed by atoms with Gasteiger partial charge < -0.3 is 9.51 Å². The first-order valence-electron chi connectivity index (χ1n) is 7.06. The van der Waals surface area contributed by atoms with Gasteiger partial charge in [-0.15, -0.1) is 0 Å². The molecule has 0 spiro atoms. The molecule has 2 aromatic heterocycles. The second-order valence-electron chi connectivity index (χ2n) is 7.11. The minimum Gasteiger partial charge on any atom is -0.456 e. The van der Waals surface area contributed by atoms with E-state index in [2.05, 4.69) is 51.5 Å². The quantitative estimate of drug-likeness (QED) is 0.842. The molecule has 0 aliphatic carbocycles. The van der Waals surface area contributed by atoms with Crippen LogP contribution >= 0.6 is 8.15 Å². The maximum absolute atomic E-state index is 11.9. The molecule has 0 fully saturated rings. The van der Waals surface area contributed by atoms with Crippen LogP contribution in [0.1, 0.15) is 41.5 Å². The number of hydrogen-bond donors (Lipinski definition) is 1. The first-order chi connectivity index (χ1) is 9.59. The van der Waals surface area contributed by atoms with E-state index in [1.165, 1.54) is 6.07 Å². The van der Waals surface area contributed by atoms with Gasteiger partial charge in [-0.05, 0) is 6.07 Å². The second kappa shape index (κ2) is 5.42. The van der Waals surface area contributed by atoms with Crippen molar-refractivity contribution >= 4 is 19.2 Å². The van der Waals surface area contributed by atoms with E-state index in [-0.39, 0.29) is 15.7 Å². The third kappa shape index (κ3) is 3.62. The summed E-state index contributed by atoms with van der Waals surface area (Å²) in [6.07, 6.45) is 1.63. The molecule has 0 radical (unpaired) electrons. The van der Waals surface area contributed by atoms with Crippen LogP contribution in [0.3, 0.4) is 0 Å². The van der Waals surface area contributed by atoms with Gasteiger partial charge in [-0.3, -0.25) is 4.79 Å². The van der Waals surface area contributed by atoms with Crippen LogP contribution in [0.25, 0.3) is 11.0 Å². The Hall–Kier alpha value is -1.41. The average Bonchev–Trinajstić information content (AvgIpc) is 2.34. The molecule has 2 rings (SSSR count). The zero-order valence-electron chi connectivity index (χ0n) is 13.5. The van der Waals surface area contributed by atoms with Gasteiger partial charge in [-0.2, -0.15) is 0 Å². The molecule has 4 nitrogen and oxygen atoms in total. The van der Waals surface area contributed by atoms with E-state index in [0.29, 0.717) is 11.4 Å². The average molecular weight is 306 g/mol. The summed E-state index contributed by atoms with van der Waals surface area (Å²) in [5, 5.41) is 0.0701. The van der Waals surface area contributed by atoms with Crippen LogP contribution in [0, 0.1) is 0 Å². The first kappa shape index (κ1) is 16.0. The standard InChI is InChI=1S/C16H23N2O2P/c1-15(2,3)21(16(4,5)6)20-13-8-7-11-14(18-13)12(19)9-10-17-11/h7-10H,1-6H3,(H,17,19). The number of aromatic amines is 1. The van der Waals surface area contributed by atoms with Crippen LogP contribution < -0.4 is 9.95 Å². The van der Waals surface area contributed by atoms with Gasteiger partial charge >= 0.3 is 0 Å². The molecule has 5 heteroatoms. The molecule has 0 bridgehead atoms. The number of rotatable bonds is 2. The van der Waals surface area contributed by atoms with Gasteiger partial charge in [0, 0.05) is 28.6 Å². The Morgan fingerprint density at radius 1 is 1.05 bits per heavy atom. The van der Waals surface area contributed by atoms with Crippen LogP contribution in [0.5, 0.6) is 5.88 Å². The Labute approximate surface area is 126 Å². The SMILES string of the molecule is CC(C)(C)P(Oc1ccc2[nH]ccc(=O)c2n1)C(C)(C)C. The van der Waals surface area contributed by atoms with Gasteiger partial charge in [0.1, 0.15) is 13.7 Å². The molecule has 0 atom stereocenters. The van der Waals surface area contributed by atoms with Gasteiger partial charge in [-0.25, -0.2) is 4.98 Å². The van der Waals surface area contributed by atoms with E-state index < -0.39 is 8.15 Å². The summed E-state index contributed by atoms with van der Waals surface area (Å²) in [5.41, 5.74) is 1.06. The summed E-state index contributed by atoms with van der Waals surface area (Å²) < 4.78 is 6.21. The van der Waals surface area contributed by atoms with Gasteiger partial charge in [0.2, 0.25) is 11.3 Å². The topological polar surface area (TPSA) is 55.0 Å². The first-order valence-corrected chi connectivity index (χ1v) is 8.32. The normalized spacial score (nSPS) is 12.9. The molecule has 0 aliphatic rings. The van der Waals surface area contributed by atoms with E-state index in [1.54, 1.807) is 6.20 Å². The van der Waals surface area contributed by atoms with Crippen molar-refractivity contribution in [1.82, 2.24) is 9.97 Å². The van der Waals surface area contributed by atoms with Crippen LogP contribution in [-0.2, 0) is 0 Å². The smallest absolute Gasteiger partial charge is 0.216 e.